The SMILES string of the molecule is COc1cc(N[C@H]2CC[C@H](N(C)C(=O)OC(C)(C)C)CC2)c(Cl)cc1C#N. The highest BCUT2D eigenvalue weighted by Crippen LogP contribution is 2.33. The first-order chi connectivity index (χ1) is 12.6. The summed E-state index contributed by atoms with van der Waals surface area (Å²) in [4.78, 5) is 13.9. The van der Waals surface area contributed by atoms with Gasteiger partial charge in [0.25, 0.3) is 0 Å². The van der Waals surface area contributed by atoms with Gasteiger partial charge in [-0.3, -0.25) is 0 Å². The molecule has 2 rings (SSSR count). The largest absolute Gasteiger partial charge is 0.495 e. The number of nitrogens with zero attached hydrogens (tertiary/aromatic N) is 2. The first kappa shape index (κ1) is 21.2. The van der Waals surface area contributed by atoms with Gasteiger partial charge in [0.2, 0.25) is 0 Å². The molecule has 1 aromatic carbocycles. The van der Waals surface area contributed by atoms with Crippen LogP contribution in [0.25, 0.3) is 0 Å². The van der Waals surface area contributed by atoms with Crippen molar-refractivity contribution in [3.8, 4) is 11.8 Å². The van der Waals surface area contributed by atoms with E-state index in [1.165, 1.54) is 7.11 Å². The van der Waals surface area contributed by atoms with Gasteiger partial charge in [-0.25, -0.2) is 4.79 Å². The number of hydrogen-bond donors (Lipinski definition) is 1. The Morgan fingerprint density at radius 2 is 1.93 bits per heavy atom. The Kier molecular flexibility index (Phi) is 6.83. The van der Waals surface area contributed by atoms with E-state index in [9.17, 15) is 4.79 Å². The van der Waals surface area contributed by atoms with Crippen LogP contribution >= 0.6 is 11.6 Å². The van der Waals surface area contributed by atoms with Gasteiger partial charge in [0.1, 0.15) is 17.4 Å². The molecule has 0 unspecified atom stereocenters. The average molecular weight is 394 g/mol. The summed E-state index contributed by atoms with van der Waals surface area (Å²) < 4.78 is 10.7. The topological polar surface area (TPSA) is 74.6 Å². The van der Waals surface area contributed by atoms with Crippen LogP contribution in [0.5, 0.6) is 5.75 Å². The van der Waals surface area contributed by atoms with Crippen molar-refractivity contribution in [2.75, 3.05) is 19.5 Å². The second-order valence-electron chi connectivity index (χ2n) is 7.89. The minimum atomic E-state index is -0.491. The van der Waals surface area contributed by atoms with Crippen molar-refractivity contribution < 1.29 is 14.3 Å². The number of benzene rings is 1. The number of amides is 1. The van der Waals surface area contributed by atoms with E-state index in [2.05, 4.69) is 11.4 Å². The normalized spacial score (nSPS) is 19.7. The maximum Gasteiger partial charge on any atom is 0.410 e. The third kappa shape index (κ3) is 5.67. The first-order valence-corrected chi connectivity index (χ1v) is 9.52. The van der Waals surface area contributed by atoms with Crippen LogP contribution in [0.1, 0.15) is 52.0 Å². The molecule has 0 atom stereocenters. The van der Waals surface area contributed by atoms with Crippen molar-refractivity contribution in [2.45, 2.75) is 64.1 Å². The number of nitrogens with one attached hydrogen (secondary N) is 1. The van der Waals surface area contributed by atoms with E-state index in [1.54, 1.807) is 24.1 Å². The summed E-state index contributed by atoms with van der Waals surface area (Å²) in [6.07, 6.45) is 3.32. The minimum Gasteiger partial charge on any atom is -0.495 e. The number of rotatable bonds is 4. The molecular weight excluding hydrogens is 366 g/mol. The number of hydrogen-bond acceptors (Lipinski definition) is 5. The summed E-state index contributed by atoms with van der Waals surface area (Å²) in [6, 6.07) is 5.88. The molecule has 0 bridgehead atoms. The number of methoxy groups -OCH3 is 1. The lowest BCUT2D eigenvalue weighted by molar-refractivity contribution is 0.0185. The molecule has 1 aliphatic carbocycles. The zero-order valence-electron chi connectivity index (χ0n) is 16.6. The van der Waals surface area contributed by atoms with Crippen LogP contribution in [-0.2, 0) is 4.74 Å². The molecule has 6 nitrogen and oxygen atoms in total. The third-order valence-electron chi connectivity index (χ3n) is 4.70. The molecular formula is C20H28ClN3O3. The zero-order chi connectivity index (χ0) is 20.2. The van der Waals surface area contributed by atoms with Crippen molar-refractivity contribution in [3.05, 3.63) is 22.7 Å². The van der Waals surface area contributed by atoms with E-state index in [0.29, 0.717) is 16.3 Å². The Bertz CT molecular complexity index is 716. The Morgan fingerprint density at radius 1 is 1.30 bits per heavy atom. The molecule has 0 aliphatic heterocycles. The molecule has 0 heterocycles. The third-order valence-corrected chi connectivity index (χ3v) is 5.01. The number of anilines is 1. The summed E-state index contributed by atoms with van der Waals surface area (Å²) in [5.41, 5.74) is 0.683. The van der Waals surface area contributed by atoms with Crippen molar-refractivity contribution in [3.63, 3.8) is 0 Å². The van der Waals surface area contributed by atoms with Gasteiger partial charge in [0.05, 0.1) is 23.4 Å². The predicted octanol–water partition coefficient (Wildman–Crippen LogP) is 4.81. The van der Waals surface area contributed by atoms with Crippen LogP contribution in [0.15, 0.2) is 12.1 Å². The highest BCUT2D eigenvalue weighted by molar-refractivity contribution is 6.33. The van der Waals surface area contributed by atoms with E-state index in [1.807, 2.05) is 20.8 Å². The van der Waals surface area contributed by atoms with Crippen molar-refractivity contribution >= 4 is 23.4 Å². The molecule has 1 amide bonds. The summed E-state index contributed by atoms with van der Waals surface area (Å²) in [5.74, 6) is 0.503. The molecule has 1 N–H and O–H groups in total. The fourth-order valence-electron chi connectivity index (χ4n) is 3.23. The van der Waals surface area contributed by atoms with Gasteiger partial charge >= 0.3 is 6.09 Å². The summed E-state index contributed by atoms with van der Waals surface area (Å²) in [6.45, 7) is 5.61. The highest BCUT2D eigenvalue weighted by Gasteiger charge is 2.29. The van der Waals surface area contributed by atoms with Gasteiger partial charge in [-0.1, -0.05) is 11.6 Å². The van der Waals surface area contributed by atoms with Crippen LogP contribution in [0, 0.1) is 11.3 Å². The lowest BCUT2D eigenvalue weighted by atomic mass is 9.90. The second kappa shape index (κ2) is 8.71. The monoisotopic (exact) mass is 393 g/mol. The minimum absolute atomic E-state index is 0.170. The predicted molar refractivity (Wildman–Crippen MR) is 106 cm³/mol. The molecule has 27 heavy (non-hydrogen) atoms. The van der Waals surface area contributed by atoms with Gasteiger partial charge in [0.15, 0.2) is 0 Å². The Balaban J connectivity index is 1.95. The first-order valence-electron chi connectivity index (χ1n) is 9.14. The summed E-state index contributed by atoms with van der Waals surface area (Å²) in [7, 11) is 3.33. The second-order valence-corrected chi connectivity index (χ2v) is 8.29. The van der Waals surface area contributed by atoms with Crippen LogP contribution in [0.3, 0.4) is 0 Å². The lowest BCUT2D eigenvalue weighted by Gasteiger charge is -2.36. The van der Waals surface area contributed by atoms with Crippen LogP contribution in [0.2, 0.25) is 5.02 Å². The van der Waals surface area contributed by atoms with Crippen LogP contribution in [-0.4, -0.2) is 42.8 Å². The highest BCUT2D eigenvalue weighted by atomic mass is 35.5. The molecule has 148 valence electrons. The quantitative estimate of drug-likeness (QED) is 0.794. The van der Waals surface area contributed by atoms with E-state index in [4.69, 9.17) is 26.3 Å². The average Bonchev–Trinajstić information content (AvgIpc) is 2.61. The molecule has 0 spiro atoms. The molecule has 7 heteroatoms. The van der Waals surface area contributed by atoms with Crippen molar-refractivity contribution in [1.82, 2.24) is 4.90 Å². The molecule has 1 fully saturated rings. The van der Waals surface area contributed by atoms with Gasteiger partial charge in [-0.15, -0.1) is 0 Å². The number of halogens is 1. The molecule has 1 aromatic rings. The maximum atomic E-state index is 12.2. The molecule has 0 radical (unpaired) electrons. The van der Waals surface area contributed by atoms with Gasteiger partial charge in [-0.05, 0) is 52.5 Å². The number of ether oxygens (including phenoxy) is 2. The maximum absolute atomic E-state index is 12.2. The number of carbonyl (C=O) groups is 1. The smallest absolute Gasteiger partial charge is 0.410 e. The molecule has 1 aliphatic rings. The van der Waals surface area contributed by atoms with Gasteiger partial charge in [-0.2, -0.15) is 5.26 Å². The molecule has 0 aromatic heterocycles. The van der Waals surface area contributed by atoms with E-state index >= 15 is 0 Å². The number of carbonyl (C=O) groups excluding carboxylic acids is 1. The van der Waals surface area contributed by atoms with Crippen molar-refractivity contribution in [1.29, 1.82) is 5.26 Å². The Labute approximate surface area is 166 Å². The van der Waals surface area contributed by atoms with E-state index in [-0.39, 0.29) is 18.2 Å². The van der Waals surface area contributed by atoms with E-state index in [0.717, 1.165) is 31.4 Å². The standard InChI is InChI=1S/C20H28ClN3O3/c1-20(2,3)27-19(25)24(4)15-8-6-14(7-9-15)23-17-11-18(26-5)13(12-22)10-16(17)21/h10-11,14-15,23H,6-9H2,1-5H3/t14-,15-. The van der Waals surface area contributed by atoms with Crippen molar-refractivity contribution in [2.24, 2.45) is 0 Å². The number of nitriles is 1. The summed E-state index contributed by atoms with van der Waals surface area (Å²) >= 11 is 6.30. The Hall–Kier alpha value is -2.13. The van der Waals surface area contributed by atoms with Gasteiger partial charge in [0, 0.05) is 25.2 Å². The Morgan fingerprint density at radius 3 is 2.44 bits per heavy atom. The fourth-order valence-corrected chi connectivity index (χ4v) is 3.45. The fraction of sp³-hybridized carbons (Fsp3) is 0.600. The van der Waals surface area contributed by atoms with E-state index < -0.39 is 5.60 Å². The zero-order valence-corrected chi connectivity index (χ0v) is 17.4. The summed E-state index contributed by atoms with van der Waals surface area (Å²) in [5, 5.41) is 13.1. The lowest BCUT2D eigenvalue weighted by Crippen LogP contribution is -2.43. The molecule has 0 saturated heterocycles. The van der Waals surface area contributed by atoms with Gasteiger partial charge < -0.3 is 19.7 Å². The van der Waals surface area contributed by atoms with Crippen LogP contribution in [0.4, 0.5) is 10.5 Å². The molecule has 1 saturated carbocycles. The van der Waals surface area contributed by atoms with Crippen LogP contribution < -0.4 is 10.1 Å².